The van der Waals surface area contributed by atoms with E-state index in [4.69, 9.17) is 10.5 Å². The van der Waals surface area contributed by atoms with Crippen LogP contribution >= 0.6 is 0 Å². The van der Waals surface area contributed by atoms with Crippen LogP contribution in [0, 0.1) is 0 Å². The molecule has 3 heteroatoms. The number of benzene rings is 1. The maximum Gasteiger partial charge on any atom is 0.124 e. The van der Waals surface area contributed by atoms with Gasteiger partial charge in [-0.1, -0.05) is 18.9 Å². The molecule has 3 atom stereocenters. The number of rotatable bonds is 2. The first-order chi connectivity index (χ1) is 9.24. The molecule has 0 aromatic heterocycles. The average Bonchev–Trinajstić information content (AvgIpc) is 2.65. The fourth-order valence-electron chi connectivity index (χ4n) is 3.27. The third kappa shape index (κ3) is 2.77. The summed E-state index contributed by atoms with van der Waals surface area (Å²) in [5, 5.41) is 10.1. The number of nitrogens with two attached hydrogens (primary N) is 1. The van der Waals surface area contributed by atoms with E-state index in [1.807, 2.05) is 6.07 Å². The van der Waals surface area contributed by atoms with Gasteiger partial charge in [-0.15, -0.1) is 0 Å². The van der Waals surface area contributed by atoms with Crippen LogP contribution in [0.3, 0.4) is 0 Å². The van der Waals surface area contributed by atoms with Gasteiger partial charge in [-0.3, -0.25) is 0 Å². The van der Waals surface area contributed by atoms with Gasteiger partial charge in [0.25, 0.3) is 0 Å². The van der Waals surface area contributed by atoms with E-state index in [1.165, 1.54) is 17.5 Å². The molecular weight excluding hydrogens is 238 g/mol. The van der Waals surface area contributed by atoms with Gasteiger partial charge in [0.2, 0.25) is 0 Å². The van der Waals surface area contributed by atoms with E-state index >= 15 is 0 Å². The molecule has 0 spiro atoms. The monoisotopic (exact) mass is 261 g/mol. The molecule has 3 rings (SSSR count). The van der Waals surface area contributed by atoms with Crippen LogP contribution in [0.1, 0.15) is 55.7 Å². The molecule has 0 aliphatic heterocycles. The number of aliphatic hydroxyl groups is 1. The van der Waals surface area contributed by atoms with Crippen LogP contribution in [0.5, 0.6) is 5.75 Å². The van der Waals surface area contributed by atoms with Gasteiger partial charge in [-0.05, 0) is 55.4 Å². The Kier molecular flexibility index (Phi) is 3.76. The number of hydrogen-bond donors (Lipinski definition) is 2. The van der Waals surface area contributed by atoms with Gasteiger partial charge in [0.05, 0.1) is 6.10 Å². The molecule has 104 valence electrons. The Hall–Kier alpha value is -1.06. The van der Waals surface area contributed by atoms with Crippen LogP contribution in [-0.2, 0) is 6.42 Å². The Morgan fingerprint density at radius 3 is 2.84 bits per heavy atom. The van der Waals surface area contributed by atoms with Crippen molar-refractivity contribution in [1.82, 2.24) is 0 Å². The molecule has 2 aliphatic rings. The van der Waals surface area contributed by atoms with Crippen LogP contribution in [0.15, 0.2) is 18.2 Å². The number of fused-ring (bicyclic) bond motifs is 1. The van der Waals surface area contributed by atoms with E-state index in [0.29, 0.717) is 0 Å². The van der Waals surface area contributed by atoms with Gasteiger partial charge in [-0.25, -0.2) is 0 Å². The highest BCUT2D eigenvalue weighted by Gasteiger charge is 2.24. The molecule has 0 bridgehead atoms. The highest BCUT2D eigenvalue weighted by Crippen LogP contribution is 2.33. The predicted molar refractivity (Wildman–Crippen MR) is 75.2 cm³/mol. The smallest absolute Gasteiger partial charge is 0.124 e. The number of hydrogen-bond acceptors (Lipinski definition) is 3. The van der Waals surface area contributed by atoms with Crippen molar-refractivity contribution in [3.63, 3.8) is 0 Å². The fourth-order valence-corrected chi connectivity index (χ4v) is 3.27. The minimum Gasteiger partial charge on any atom is -0.488 e. The summed E-state index contributed by atoms with van der Waals surface area (Å²) < 4.78 is 6.02. The van der Waals surface area contributed by atoms with Gasteiger partial charge in [0.15, 0.2) is 0 Å². The molecule has 0 amide bonds. The van der Waals surface area contributed by atoms with Crippen molar-refractivity contribution in [3.8, 4) is 5.75 Å². The van der Waals surface area contributed by atoms with Crippen molar-refractivity contribution in [2.24, 2.45) is 5.73 Å². The maximum atomic E-state index is 10.1. The van der Waals surface area contributed by atoms with Crippen molar-refractivity contribution >= 4 is 0 Å². The Labute approximate surface area is 114 Å². The van der Waals surface area contributed by atoms with Crippen molar-refractivity contribution in [1.29, 1.82) is 0 Å². The Balaban J connectivity index is 1.72. The zero-order chi connectivity index (χ0) is 13.2. The van der Waals surface area contributed by atoms with E-state index in [1.54, 1.807) is 0 Å². The molecule has 19 heavy (non-hydrogen) atoms. The maximum absolute atomic E-state index is 10.1. The topological polar surface area (TPSA) is 55.5 Å². The fraction of sp³-hybridized carbons (Fsp3) is 0.625. The minimum atomic E-state index is -0.321. The molecule has 1 fully saturated rings. The van der Waals surface area contributed by atoms with Gasteiger partial charge in [-0.2, -0.15) is 0 Å². The van der Waals surface area contributed by atoms with Crippen molar-refractivity contribution in [3.05, 3.63) is 29.3 Å². The first kappa shape index (κ1) is 12.9. The first-order valence-corrected chi connectivity index (χ1v) is 7.47. The van der Waals surface area contributed by atoms with E-state index in [9.17, 15) is 5.11 Å². The highest BCUT2D eigenvalue weighted by atomic mass is 16.5. The minimum absolute atomic E-state index is 0.0457. The normalized spacial score (nSPS) is 30.7. The molecule has 1 saturated carbocycles. The quantitative estimate of drug-likeness (QED) is 0.805. The summed E-state index contributed by atoms with van der Waals surface area (Å²) in [5.41, 5.74) is 8.61. The molecule has 3 nitrogen and oxygen atoms in total. The zero-order valence-electron chi connectivity index (χ0n) is 11.3. The lowest BCUT2D eigenvalue weighted by Gasteiger charge is -2.22. The molecular formula is C16H23NO2. The molecule has 3 N–H and O–H groups in total. The van der Waals surface area contributed by atoms with Crippen LogP contribution in [0.25, 0.3) is 0 Å². The second-order valence-electron chi connectivity index (χ2n) is 5.87. The lowest BCUT2D eigenvalue weighted by atomic mass is 10.1. The summed E-state index contributed by atoms with van der Waals surface area (Å²) in [5.74, 6) is 0.888. The Bertz CT molecular complexity index is 446. The molecule has 1 aromatic carbocycles. The van der Waals surface area contributed by atoms with Crippen LogP contribution in [0.4, 0.5) is 0 Å². The lowest BCUT2D eigenvalue weighted by Crippen LogP contribution is -2.30. The molecule has 1 aromatic rings. The van der Waals surface area contributed by atoms with Gasteiger partial charge in [0.1, 0.15) is 11.9 Å². The van der Waals surface area contributed by atoms with E-state index in [-0.39, 0.29) is 18.2 Å². The van der Waals surface area contributed by atoms with E-state index in [2.05, 4.69) is 12.1 Å². The predicted octanol–water partition coefficient (Wildman–Crippen LogP) is 2.71. The van der Waals surface area contributed by atoms with Gasteiger partial charge in [0, 0.05) is 6.04 Å². The van der Waals surface area contributed by atoms with Crippen molar-refractivity contribution < 1.29 is 9.84 Å². The second-order valence-corrected chi connectivity index (χ2v) is 5.87. The van der Waals surface area contributed by atoms with E-state index < -0.39 is 0 Å². The van der Waals surface area contributed by atoms with Crippen molar-refractivity contribution in [2.75, 3.05) is 0 Å². The molecule has 2 unspecified atom stereocenters. The number of ether oxygens (including phenoxy) is 1. The lowest BCUT2D eigenvalue weighted by molar-refractivity contribution is 0.0319. The summed E-state index contributed by atoms with van der Waals surface area (Å²) in [7, 11) is 0. The second kappa shape index (κ2) is 5.51. The van der Waals surface area contributed by atoms with Gasteiger partial charge < -0.3 is 15.6 Å². The summed E-state index contributed by atoms with van der Waals surface area (Å²) >= 11 is 0. The van der Waals surface area contributed by atoms with Crippen molar-refractivity contribution in [2.45, 2.75) is 63.2 Å². The van der Waals surface area contributed by atoms with Crippen LogP contribution in [-0.4, -0.2) is 17.3 Å². The summed E-state index contributed by atoms with van der Waals surface area (Å²) in [6.45, 7) is 0. The summed E-state index contributed by atoms with van der Waals surface area (Å²) in [4.78, 5) is 0. The van der Waals surface area contributed by atoms with Gasteiger partial charge >= 0.3 is 0 Å². The molecule has 0 heterocycles. The molecule has 0 radical (unpaired) electrons. The third-order valence-corrected chi connectivity index (χ3v) is 4.44. The standard InChI is InChI=1S/C16H23NO2/c17-14-9-6-11-10-12(7-8-13(11)14)19-16-5-3-1-2-4-15(16)18/h7-8,10,14-16,18H,1-6,9,17H2/t14-,15?,16?/m0/s1. The van der Waals surface area contributed by atoms with Crippen LogP contribution < -0.4 is 10.5 Å². The highest BCUT2D eigenvalue weighted by molar-refractivity contribution is 5.40. The Morgan fingerprint density at radius 2 is 1.95 bits per heavy atom. The largest absolute Gasteiger partial charge is 0.488 e. The molecule has 2 aliphatic carbocycles. The number of aryl methyl sites for hydroxylation is 1. The summed E-state index contributed by atoms with van der Waals surface area (Å²) in [6.07, 6.45) is 6.99. The first-order valence-electron chi connectivity index (χ1n) is 7.47. The third-order valence-electron chi connectivity index (χ3n) is 4.44. The van der Waals surface area contributed by atoms with Crippen LogP contribution in [0.2, 0.25) is 0 Å². The van der Waals surface area contributed by atoms with E-state index in [0.717, 1.165) is 44.3 Å². The zero-order valence-corrected chi connectivity index (χ0v) is 11.3. The SMILES string of the molecule is N[C@H]1CCc2cc(OC3CCCCCC3O)ccc21. The summed E-state index contributed by atoms with van der Waals surface area (Å²) in [6, 6.07) is 6.39. The average molecular weight is 261 g/mol. The molecule has 0 saturated heterocycles. The number of aliphatic hydroxyl groups excluding tert-OH is 1. The Morgan fingerprint density at radius 1 is 1.11 bits per heavy atom.